The summed E-state index contributed by atoms with van der Waals surface area (Å²) in [7, 11) is 1.81. The number of likely N-dealkylation sites (N-methyl/N-ethyl adjacent to an activating group) is 1. The van der Waals surface area contributed by atoms with E-state index in [0.717, 1.165) is 25.9 Å². The monoisotopic (exact) mass is 253 g/mol. The number of nitrogens with zero attached hydrogens (tertiary/aromatic N) is 1. The van der Waals surface area contributed by atoms with Gasteiger partial charge in [-0.2, -0.15) is 0 Å². The molecule has 2 rings (SSSR count). The maximum absolute atomic E-state index is 12.4. The molecule has 5 nitrogen and oxygen atoms in total. The van der Waals surface area contributed by atoms with E-state index >= 15 is 0 Å². The molecule has 102 valence electrons. The molecule has 2 saturated heterocycles. The van der Waals surface area contributed by atoms with E-state index in [-0.39, 0.29) is 17.9 Å². The van der Waals surface area contributed by atoms with Crippen LogP contribution in [-0.4, -0.2) is 48.4 Å². The van der Waals surface area contributed by atoms with Crippen molar-refractivity contribution in [1.82, 2.24) is 15.5 Å². The Morgan fingerprint density at radius 2 is 2.17 bits per heavy atom. The van der Waals surface area contributed by atoms with Gasteiger partial charge in [0, 0.05) is 25.6 Å². The summed E-state index contributed by atoms with van der Waals surface area (Å²) in [5, 5.41) is 6.09. The molecule has 2 aliphatic heterocycles. The lowest BCUT2D eigenvalue weighted by Crippen LogP contribution is -2.60. The molecule has 2 aliphatic rings. The summed E-state index contributed by atoms with van der Waals surface area (Å²) in [5.74, 6) is 0.736. The van der Waals surface area contributed by atoms with Crippen LogP contribution < -0.4 is 10.6 Å². The van der Waals surface area contributed by atoms with Gasteiger partial charge >= 0.3 is 0 Å². The highest BCUT2D eigenvalue weighted by molar-refractivity contribution is 5.85. The average molecular weight is 253 g/mol. The number of carbonyl (C=O) groups excluding carboxylic acids is 2. The summed E-state index contributed by atoms with van der Waals surface area (Å²) in [6, 6.07) is 0.271. The van der Waals surface area contributed by atoms with Crippen LogP contribution in [0.4, 0.5) is 0 Å². The maximum atomic E-state index is 12.4. The lowest BCUT2D eigenvalue weighted by Gasteiger charge is -2.43. The molecular weight excluding hydrogens is 230 g/mol. The van der Waals surface area contributed by atoms with Gasteiger partial charge in [-0.15, -0.1) is 0 Å². The number of fused-ring (bicyclic) bond motifs is 1. The molecule has 2 amide bonds. The number of likely N-dealkylation sites (tertiary alicyclic amines) is 1. The van der Waals surface area contributed by atoms with Gasteiger partial charge in [-0.1, -0.05) is 0 Å². The highest BCUT2D eigenvalue weighted by Gasteiger charge is 2.38. The summed E-state index contributed by atoms with van der Waals surface area (Å²) < 4.78 is 0. The van der Waals surface area contributed by atoms with Gasteiger partial charge < -0.3 is 15.5 Å². The molecule has 0 aromatic rings. The summed E-state index contributed by atoms with van der Waals surface area (Å²) in [5.41, 5.74) is -0.509. The Kier molecular flexibility index (Phi) is 3.61. The molecule has 5 heteroatoms. The molecule has 0 saturated carbocycles. The Morgan fingerprint density at radius 3 is 2.83 bits per heavy atom. The first-order chi connectivity index (χ1) is 8.44. The van der Waals surface area contributed by atoms with E-state index < -0.39 is 5.54 Å². The van der Waals surface area contributed by atoms with Crippen molar-refractivity contribution in [2.45, 2.75) is 44.7 Å². The van der Waals surface area contributed by atoms with Gasteiger partial charge in [-0.3, -0.25) is 9.59 Å². The molecule has 0 bridgehead atoms. The standard InChI is InChI=1S/C13H23N3O2/c1-13(2,14-3)12(18)16-7-6-10-9(8-16)4-5-11(17)15-10/h9-10,14H,4-8H2,1-3H3,(H,15,17). The van der Waals surface area contributed by atoms with Crippen LogP contribution in [0, 0.1) is 5.92 Å². The van der Waals surface area contributed by atoms with Crippen LogP contribution in [0.5, 0.6) is 0 Å². The van der Waals surface area contributed by atoms with Gasteiger partial charge in [0.15, 0.2) is 0 Å². The largest absolute Gasteiger partial charge is 0.353 e. The van der Waals surface area contributed by atoms with Crippen LogP contribution in [0.3, 0.4) is 0 Å². The van der Waals surface area contributed by atoms with Crippen molar-refractivity contribution in [3.05, 3.63) is 0 Å². The molecule has 0 aromatic carbocycles. The third-order valence-corrected chi connectivity index (χ3v) is 4.27. The van der Waals surface area contributed by atoms with Crippen LogP contribution in [0.1, 0.15) is 33.1 Å². The van der Waals surface area contributed by atoms with Crippen molar-refractivity contribution in [1.29, 1.82) is 0 Å². The average Bonchev–Trinajstić information content (AvgIpc) is 2.37. The molecule has 2 atom stereocenters. The van der Waals surface area contributed by atoms with E-state index in [1.54, 1.807) is 0 Å². The first-order valence-corrected chi connectivity index (χ1v) is 6.71. The van der Waals surface area contributed by atoms with Gasteiger partial charge in [0.25, 0.3) is 0 Å². The second kappa shape index (κ2) is 4.88. The fraction of sp³-hybridized carbons (Fsp3) is 0.846. The zero-order chi connectivity index (χ0) is 13.3. The highest BCUT2D eigenvalue weighted by Crippen LogP contribution is 2.26. The Bertz CT molecular complexity index is 354. The van der Waals surface area contributed by atoms with Crippen molar-refractivity contribution in [2.75, 3.05) is 20.1 Å². The topological polar surface area (TPSA) is 61.4 Å². The Hall–Kier alpha value is -1.10. The molecule has 0 spiro atoms. The zero-order valence-electron chi connectivity index (χ0n) is 11.5. The molecule has 2 fully saturated rings. The van der Waals surface area contributed by atoms with Crippen LogP contribution in [0.25, 0.3) is 0 Å². The number of hydrogen-bond donors (Lipinski definition) is 2. The van der Waals surface area contributed by atoms with E-state index in [2.05, 4.69) is 10.6 Å². The smallest absolute Gasteiger partial charge is 0.242 e. The number of amides is 2. The molecule has 2 N–H and O–H groups in total. The summed E-state index contributed by atoms with van der Waals surface area (Å²) in [4.78, 5) is 25.6. The van der Waals surface area contributed by atoms with E-state index in [9.17, 15) is 9.59 Å². The minimum Gasteiger partial charge on any atom is -0.353 e. The number of piperidine rings is 2. The molecule has 2 heterocycles. The summed E-state index contributed by atoms with van der Waals surface area (Å²) >= 11 is 0. The fourth-order valence-corrected chi connectivity index (χ4v) is 2.80. The Labute approximate surface area is 108 Å². The second-order valence-corrected chi connectivity index (χ2v) is 5.89. The molecule has 0 aliphatic carbocycles. The van der Waals surface area contributed by atoms with Crippen LogP contribution in [0.15, 0.2) is 0 Å². The third-order valence-electron chi connectivity index (χ3n) is 4.27. The van der Waals surface area contributed by atoms with E-state index in [0.29, 0.717) is 12.3 Å². The zero-order valence-corrected chi connectivity index (χ0v) is 11.5. The second-order valence-electron chi connectivity index (χ2n) is 5.89. The fourth-order valence-electron chi connectivity index (χ4n) is 2.80. The molecule has 18 heavy (non-hydrogen) atoms. The van der Waals surface area contributed by atoms with E-state index in [4.69, 9.17) is 0 Å². The maximum Gasteiger partial charge on any atom is 0.242 e. The highest BCUT2D eigenvalue weighted by atomic mass is 16.2. The van der Waals surface area contributed by atoms with Crippen molar-refractivity contribution in [3.63, 3.8) is 0 Å². The molecule has 0 radical (unpaired) electrons. The SMILES string of the molecule is CNC(C)(C)C(=O)N1CCC2NC(=O)CCC2C1. The van der Waals surface area contributed by atoms with E-state index in [1.807, 2.05) is 25.8 Å². The number of nitrogens with one attached hydrogen (secondary N) is 2. The predicted molar refractivity (Wildman–Crippen MR) is 69.0 cm³/mol. The van der Waals surface area contributed by atoms with Crippen LogP contribution >= 0.6 is 0 Å². The van der Waals surface area contributed by atoms with Gasteiger partial charge in [0.1, 0.15) is 0 Å². The van der Waals surface area contributed by atoms with Crippen molar-refractivity contribution in [2.24, 2.45) is 5.92 Å². The molecule has 2 unspecified atom stereocenters. The lowest BCUT2D eigenvalue weighted by molar-refractivity contribution is -0.140. The third kappa shape index (κ3) is 2.51. The van der Waals surface area contributed by atoms with Crippen molar-refractivity contribution in [3.8, 4) is 0 Å². The minimum absolute atomic E-state index is 0.153. The van der Waals surface area contributed by atoms with Gasteiger partial charge in [-0.05, 0) is 39.7 Å². The quantitative estimate of drug-likeness (QED) is 0.734. The van der Waals surface area contributed by atoms with Crippen LogP contribution in [0.2, 0.25) is 0 Å². The summed E-state index contributed by atoms with van der Waals surface area (Å²) in [6.45, 7) is 5.33. The number of hydrogen-bond acceptors (Lipinski definition) is 3. The van der Waals surface area contributed by atoms with Crippen molar-refractivity contribution >= 4 is 11.8 Å². The van der Waals surface area contributed by atoms with E-state index in [1.165, 1.54) is 0 Å². The van der Waals surface area contributed by atoms with Gasteiger partial charge in [-0.25, -0.2) is 0 Å². The normalized spacial score (nSPS) is 28.6. The van der Waals surface area contributed by atoms with Gasteiger partial charge in [0.05, 0.1) is 5.54 Å². The Balaban J connectivity index is 1.99. The van der Waals surface area contributed by atoms with Crippen molar-refractivity contribution < 1.29 is 9.59 Å². The predicted octanol–water partition coefficient (Wildman–Crippen LogP) is 0.112. The first kappa shape index (κ1) is 13.3. The molecular formula is C13H23N3O2. The Morgan fingerprint density at radius 1 is 1.44 bits per heavy atom. The minimum atomic E-state index is -0.509. The number of carbonyl (C=O) groups is 2. The summed E-state index contributed by atoms with van der Waals surface area (Å²) in [6.07, 6.45) is 2.38. The molecule has 0 aromatic heterocycles. The van der Waals surface area contributed by atoms with Crippen LogP contribution in [-0.2, 0) is 9.59 Å². The van der Waals surface area contributed by atoms with Gasteiger partial charge in [0.2, 0.25) is 11.8 Å². The number of rotatable bonds is 2. The first-order valence-electron chi connectivity index (χ1n) is 6.71. The lowest BCUT2D eigenvalue weighted by atomic mass is 9.84.